The molecule has 0 radical (unpaired) electrons. The molecule has 3 atom stereocenters. The number of hydrogen-bond acceptors (Lipinski definition) is 7. The third-order valence-corrected chi connectivity index (χ3v) is 12.0. The molecule has 2 saturated heterocycles. The van der Waals surface area contributed by atoms with Crippen LogP contribution in [0, 0.1) is 0 Å². The number of benzene rings is 5. The normalized spacial score (nSPS) is 20.0. The van der Waals surface area contributed by atoms with E-state index < -0.39 is 16.3 Å². The smallest absolute Gasteiger partial charge is 0.326 e. The van der Waals surface area contributed by atoms with Crippen molar-refractivity contribution in [2.24, 2.45) is 0 Å². The molecule has 278 valence electrons. The van der Waals surface area contributed by atoms with E-state index in [1.807, 2.05) is 102 Å². The van der Waals surface area contributed by atoms with Crippen LogP contribution in [0.2, 0.25) is 0 Å². The molecule has 54 heavy (non-hydrogen) atoms. The second kappa shape index (κ2) is 15.8. The van der Waals surface area contributed by atoms with Gasteiger partial charge in [0.15, 0.2) is 6.29 Å². The molecule has 0 unspecified atom stereocenters. The van der Waals surface area contributed by atoms with Crippen LogP contribution in [-0.4, -0.2) is 53.7 Å². The summed E-state index contributed by atoms with van der Waals surface area (Å²) in [6, 6.07) is 40.3. The number of aliphatic hydroxyl groups is 1. The van der Waals surface area contributed by atoms with E-state index >= 15 is 0 Å². The van der Waals surface area contributed by atoms with Crippen molar-refractivity contribution >= 4 is 21.1 Å². The summed E-state index contributed by atoms with van der Waals surface area (Å²) in [5, 5.41) is 9.62. The minimum absolute atomic E-state index is 0.0145. The van der Waals surface area contributed by atoms with Gasteiger partial charge < -0.3 is 24.5 Å². The topological polar surface area (TPSA) is 126 Å². The highest BCUT2D eigenvalue weighted by atomic mass is 32.2. The lowest BCUT2D eigenvalue weighted by Gasteiger charge is -2.40. The minimum atomic E-state index is -3.62. The van der Waals surface area contributed by atoms with Gasteiger partial charge in [-0.3, -0.25) is 4.57 Å². The average molecular weight is 745 g/mol. The van der Waals surface area contributed by atoms with E-state index in [-0.39, 0.29) is 42.0 Å². The number of aromatic nitrogens is 2. The largest absolute Gasteiger partial charge is 0.392 e. The van der Waals surface area contributed by atoms with Crippen molar-refractivity contribution in [2.75, 3.05) is 19.6 Å². The second-order valence-electron chi connectivity index (χ2n) is 14.2. The molecule has 0 bridgehead atoms. The molecule has 0 amide bonds. The summed E-state index contributed by atoms with van der Waals surface area (Å²) in [6.07, 6.45) is 1.58. The molecular formula is C43H44N4O6S. The highest BCUT2D eigenvalue weighted by Crippen LogP contribution is 2.39. The van der Waals surface area contributed by atoms with E-state index in [9.17, 15) is 18.3 Å². The SMILES string of the molecule is O=c1[nH]c2ccccc2n1C1CCN(C[C@H]2C[C@@H](c3ccc(CO)cc3)O[C@@H](c3ccc(-c4cccc(CNS(=O)(=O)c5ccccc5)c4)cc3)O2)CC1. The van der Waals surface area contributed by atoms with E-state index in [0.29, 0.717) is 6.42 Å². The number of nitrogens with one attached hydrogen (secondary N) is 2. The van der Waals surface area contributed by atoms with Crippen LogP contribution in [0.4, 0.5) is 0 Å². The Hall–Kier alpha value is -4.88. The van der Waals surface area contributed by atoms with Crippen LogP contribution >= 0.6 is 0 Å². The van der Waals surface area contributed by atoms with E-state index in [0.717, 1.165) is 76.9 Å². The summed E-state index contributed by atoms with van der Waals surface area (Å²) in [4.78, 5) is 18.5. The maximum atomic E-state index is 12.9. The van der Waals surface area contributed by atoms with Crippen LogP contribution in [0.1, 0.15) is 60.0 Å². The van der Waals surface area contributed by atoms with Gasteiger partial charge in [-0.2, -0.15) is 0 Å². The number of para-hydroxylation sites is 2. The minimum Gasteiger partial charge on any atom is -0.392 e. The Morgan fingerprint density at radius 3 is 2.24 bits per heavy atom. The van der Waals surface area contributed by atoms with Crippen LogP contribution in [0.25, 0.3) is 22.2 Å². The highest BCUT2D eigenvalue weighted by Gasteiger charge is 2.34. The number of piperidine rings is 1. The number of nitrogens with zero attached hydrogens (tertiary/aromatic N) is 2. The summed E-state index contributed by atoms with van der Waals surface area (Å²) >= 11 is 0. The van der Waals surface area contributed by atoms with Gasteiger partial charge in [0.2, 0.25) is 10.0 Å². The van der Waals surface area contributed by atoms with Gasteiger partial charge >= 0.3 is 5.69 Å². The van der Waals surface area contributed by atoms with Crippen LogP contribution < -0.4 is 10.4 Å². The Balaban J connectivity index is 0.956. The highest BCUT2D eigenvalue weighted by molar-refractivity contribution is 7.89. The molecule has 3 N–H and O–H groups in total. The molecule has 5 aromatic carbocycles. The van der Waals surface area contributed by atoms with E-state index in [4.69, 9.17) is 9.47 Å². The van der Waals surface area contributed by atoms with Crippen molar-refractivity contribution in [2.45, 2.75) is 61.8 Å². The van der Waals surface area contributed by atoms with Crippen molar-refractivity contribution in [3.63, 3.8) is 0 Å². The molecule has 0 spiro atoms. The maximum absolute atomic E-state index is 12.9. The van der Waals surface area contributed by atoms with Crippen molar-refractivity contribution in [3.8, 4) is 11.1 Å². The molecule has 3 heterocycles. The fraction of sp³-hybridized carbons (Fsp3) is 0.279. The molecule has 0 saturated carbocycles. The summed E-state index contributed by atoms with van der Waals surface area (Å²) in [6.45, 7) is 2.63. The summed E-state index contributed by atoms with van der Waals surface area (Å²) in [7, 11) is -3.62. The lowest BCUT2D eigenvalue weighted by atomic mass is 9.98. The van der Waals surface area contributed by atoms with Crippen molar-refractivity contribution in [1.29, 1.82) is 0 Å². The lowest BCUT2D eigenvalue weighted by molar-refractivity contribution is -0.253. The van der Waals surface area contributed by atoms with Crippen molar-refractivity contribution in [1.82, 2.24) is 19.2 Å². The number of hydrogen-bond donors (Lipinski definition) is 3. The number of H-pyrrole nitrogens is 1. The van der Waals surface area contributed by atoms with Crippen LogP contribution in [0.5, 0.6) is 0 Å². The number of aliphatic hydroxyl groups excluding tert-OH is 1. The fourth-order valence-electron chi connectivity index (χ4n) is 7.67. The summed E-state index contributed by atoms with van der Waals surface area (Å²) in [5.41, 5.74) is 7.39. The van der Waals surface area contributed by atoms with Crippen molar-refractivity contribution in [3.05, 3.63) is 160 Å². The molecule has 10 nitrogen and oxygen atoms in total. The van der Waals surface area contributed by atoms with E-state index in [1.54, 1.807) is 30.3 Å². The third kappa shape index (κ3) is 7.97. The predicted octanol–water partition coefficient (Wildman–Crippen LogP) is 6.85. The fourth-order valence-corrected chi connectivity index (χ4v) is 8.71. The molecule has 2 fully saturated rings. The first-order valence-electron chi connectivity index (χ1n) is 18.5. The molecule has 2 aliphatic heterocycles. The Labute approximate surface area is 315 Å². The van der Waals surface area contributed by atoms with Gasteiger partial charge in [0.25, 0.3) is 0 Å². The Bertz CT molecular complexity index is 2350. The Morgan fingerprint density at radius 1 is 0.759 bits per heavy atom. The standard InChI is InChI=1S/C43H44N4O6S/c48-29-30-13-15-33(16-14-30)41-26-37(28-46-23-21-36(22-24-46)47-40-12-5-4-11-39(40)45-43(47)49)52-42(53-41)34-19-17-32(18-20-34)35-8-6-7-31(25-35)27-44-54(50,51)38-9-2-1-3-10-38/h1-20,25,36-37,41-42,44,48H,21-24,26-29H2,(H,45,49)/t37-,41+,42+/m1/s1. The molecule has 6 aromatic rings. The molecule has 11 heteroatoms. The first-order valence-corrected chi connectivity index (χ1v) is 20.0. The predicted molar refractivity (Wildman–Crippen MR) is 208 cm³/mol. The van der Waals surface area contributed by atoms with Crippen LogP contribution in [0.15, 0.2) is 137 Å². The summed E-state index contributed by atoms with van der Waals surface area (Å²) < 4.78 is 43.5. The number of likely N-dealkylation sites (tertiary alicyclic amines) is 1. The number of imidazole rings is 1. The number of aromatic amines is 1. The first kappa shape index (κ1) is 36.1. The van der Waals surface area contributed by atoms with E-state index in [2.05, 4.69) is 14.6 Å². The van der Waals surface area contributed by atoms with Gasteiger partial charge in [0, 0.05) is 44.2 Å². The zero-order valence-corrected chi connectivity index (χ0v) is 30.7. The van der Waals surface area contributed by atoms with Crippen LogP contribution in [-0.2, 0) is 32.6 Å². The molecule has 2 aliphatic rings. The van der Waals surface area contributed by atoms with Gasteiger partial charge in [-0.25, -0.2) is 17.9 Å². The Kier molecular flexibility index (Phi) is 10.6. The Morgan fingerprint density at radius 2 is 1.48 bits per heavy atom. The van der Waals surface area contributed by atoms with Crippen LogP contribution in [0.3, 0.4) is 0 Å². The number of sulfonamides is 1. The summed E-state index contributed by atoms with van der Waals surface area (Å²) in [5.74, 6) is 0. The lowest BCUT2D eigenvalue weighted by Crippen LogP contribution is -2.43. The molecule has 0 aliphatic carbocycles. The van der Waals surface area contributed by atoms with Gasteiger partial charge in [-0.05, 0) is 71.0 Å². The average Bonchev–Trinajstić information content (AvgIpc) is 3.56. The quantitative estimate of drug-likeness (QED) is 0.133. The molecular weight excluding hydrogens is 701 g/mol. The molecule has 1 aromatic heterocycles. The first-order chi connectivity index (χ1) is 26.3. The van der Waals surface area contributed by atoms with E-state index in [1.165, 1.54) is 0 Å². The zero-order valence-electron chi connectivity index (χ0n) is 29.9. The van der Waals surface area contributed by atoms with Gasteiger partial charge in [-0.1, -0.05) is 97.1 Å². The number of rotatable bonds is 11. The molecule has 8 rings (SSSR count). The maximum Gasteiger partial charge on any atom is 0.326 e. The van der Waals surface area contributed by atoms with Gasteiger partial charge in [0.1, 0.15) is 0 Å². The third-order valence-electron chi connectivity index (χ3n) is 10.6. The monoisotopic (exact) mass is 744 g/mol. The zero-order chi connectivity index (χ0) is 37.1. The number of fused-ring (bicyclic) bond motifs is 1. The second-order valence-corrected chi connectivity index (χ2v) is 15.9. The number of ether oxygens (including phenoxy) is 2. The van der Waals surface area contributed by atoms with Gasteiger partial charge in [-0.15, -0.1) is 0 Å². The van der Waals surface area contributed by atoms with Gasteiger partial charge in [0.05, 0.1) is 34.7 Å². The van der Waals surface area contributed by atoms with Crippen molar-refractivity contribution < 1.29 is 23.0 Å².